The van der Waals surface area contributed by atoms with Gasteiger partial charge in [0.05, 0.1) is 0 Å². The maximum Gasteiger partial charge on any atom is 0.411 e. The van der Waals surface area contributed by atoms with Gasteiger partial charge in [0.1, 0.15) is 11.2 Å². The lowest BCUT2D eigenvalue weighted by atomic mass is 10.2. The predicted molar refractivity (Wildman–Crippen MR) is 57.6 cm³/mol. The topological polar surface area (TPSA) is 68.0 Å². The number of halogens is 3. The second-order valence-corrected chi connectivity index (χ2v) is 4.29. The van der Waals surface area contributed by atoms with Crippen molar-refractivity contribution >= 4 is 5.91 Å². The van der Waals surface area contributed by atoms with E-state index in [1.54, 1.807) is 6.07 Å². The molecule has 4 nitrogen and oxygen atoms in total. The second kappa shape index (κ2) is 4.24. The number of nitrogens with two attached hydrogens (primary N) is 1. The monoisotopic (exact) mass is 259 g/mol. The molecule has 0 saturated heterocycles. The van der Waals surface area contributed by atoms with Crippen LogP contribution in [-0.4, -0.2) is 22.6 Å². The van der Waals surface area contributed by atoms with Crippen molar-refractivity contribution in [2.75, 3.05) is 0 Å². The Morgan fingerprint density at radius 2 is 2.11 bits per heavy atom. The van der Waals surface area contributed by atoms with Crippen LogP contribution in [0.5, 0.6) is 0 Å². The van der Waals surface area contributed by atoms with E-state index in [0.717, 1.165) is 0 Å². The molecular weight excluding hydrogens is 247 g/mol. The van der Waals surface area contributed by atoms with Crippen molar-refractivity contribution in [1.29, 1.82) is 0 Å². The summed E-state index contributed by atoms with van der Waals surface area (Å²) in [5, 5.41) is 2.00. The van der Waals surface area contributed by atoms with Crippen LogP contribution in [0.3, 0.4) is 0 Å². The number of amides is 1. The summed E-state index contributed by atoms with van der Waals surface area (Å²) in [7, 11) is 0. The normalized spacial score (nSPS) is 17.3. The van der Waals surface area contributed by atoms with E-state index < -0.39 is 17.6 Å². The number of carbonyl (C=O) groups is 1. The van der Waals surface area contributed by atoms with Crippen molar-refractivity contribution in [3.05, 3.63) is 29.6 Å². The number of hydrogen-bond donors (Lipinski definition) is 2. The average Bonchev–Trinajstić information content (AvgIpc) is 3.09. The van der Waals surface area contributed by atoms with E-state index in [1.165, 1.54) is 12.3 Å². The van der Waals surface area contributed by atoms with E-state index in [4.69, 9.17) is 5.73 Å². The summed E-state index contributed by atoms with van der Waals surface area (Å²) in [6, 6.07) is 2.93. The summed E-state index contributed by atoms with van der Waals surface area (Å²) in [5.74, 6) is -0.812. The molecule has 0 bridgehead atoms. The molecule has 0 aliphatic heterocycles. The highest BCUT2D eigenvalue weighted by Crippen LogP contribution is 2.48. The molecule has 0 spiro atoms. The van der Waals surface area contributed by atoms with Gasteiger partial charge in [-0.25, -0.2) is 0 Å². The van der Waals surface area contributed by atoms with Crippen molar-refractivity contribution in [3.63, 3.8) is 0 Å². The van der Waals surface area contributed by atoms with E-state index in [9.17, 15) is 18.0 Å². The maximum absolute atomic E-state index is 12.6. The molecule has 3 N–H and O–H groups in total. The van der Waals surface area contributed by atoms with Crippen molar-refractivity contribution in [3.8, 4) is 0 Å². The molecule has 0 unspecified atom stereocenters. The fourth-order valence-electron chi connectivity index (χ4n) is 1.57. The van der Waals surface area contributed by atoms with Gasteiger partial charge in [0.15, 0.2) is 0 Å². The summed E-state index contributed by atoms with van der Waals surface area (Å²) < 4.78 is 37.9. The summed E-state index contributed by atoms with van der Waals surface area (Å²) in [6.07, 6.45) is -3.20. The van der Waals surface area contributed by atoms with Gasteiger partial charge < -0.3 is 11.1 Å². The largest absolute Gasteiger partial charge is 0.411 e. The van der Waals surface area contributed by atoms with Gasteiger partial charge in [-0.3, -0.25) is 9.78 Å². The van der Waals surface area contributed by atoms with E-state index in [1.807, 2.05) is 5.32 Å². The maximum atomic E-state index is 12.6. The highest BCUT2D eigenvalue weighted by molar-refractivity contribution is 5.93. The molecule has 1 fully saturated rings. The Balaban J connectivity index is 2.08. The van der Waals surface area contributed by atoms with Crippen molar-refractivity contribution in [2.24, 2.45) is 5.73 Å². The zero-order valence-electron chi connectivity index (χ0n) is 9.42. The molecule has 98 valence electrons. The summed E-state index contributed by atoms with van der Waals surface area (Å²) in [6.45, 7) is 0.265. The van der Waals surface area contributed by atoms with E-state index in [-0.39, 0.29) is 25.1 Å². The standard InChI is InChI=1S/C11H12F3N3O/c12-11(13,14)10(3-4-10)17-9(18)8-2-1-7(5-15)6-16-8/h1-2,6H,3-5,15H2,(H,17,18). The van der Waals surface area contributed by atoms with Gasteiger partial charge in [-0.05, 0) is 24.5 Å². The van der Waals surface area contributed by atoms with Gasteiger partial charge in [0.25, 0.3) is 5.91 Å². The third-order valence-electron chi connectivity index (χ3n) is 2.94. The Morgan fingerprint density at radius 3 is 2.50 bits per heavy atom. The van der Waals surface area contributed by atoms with Crippen LogP contribution in [-0.2, 0) is 6.54 Å². The quantitative estimate of drug-likeness (QED) is 0.861. The van der Waals surface area contributed by atoms with E-state index in [0.29, 0.717) is 5.56 Å². The van der Waals surface area contributed by atoms with Crippen molar-refractivity contribution in [1.82, 2.24) is 10.3 Å². The van der Waals surface area contributed by atoms with E-state index in [2.05, 4.69) is 4.98 Å². The van der Waals surface area contributed by atoms with Crippen LogP contribution in [0, 0.1) is 0 Å². The first-order valence-electron chi connectivity index (χ1n) is 5.42. The lowest BCUT2D eigenvalue weighted by Crippen LogP contribution is -2.48. The third-order valence-corrected chi connectivity index (χ3v) is 2.94. The highest BCUT2D eigenvalue weighted by atomic mass is 19.4. The van der Waals surface area contributed by atoms with Gasteiger partial charge in [0.2, 0.25) is 0 Å². The Kier molecular flexibility index (Phi) is 3.02. The number of carbonyl (C=O) groups excluding carboxylic acids is 1. The summed E-state index contributed by atoms with van der Waals surface area (Å²) >= 11 is 0. The SMILES string of the molecule is NCc1ccc(C(=O)NC2(C(F)(F)F)CC2)nc1. The second-order valence-electron chi connectivity index (χ2n) is 4.29. The number of pyridine rings is 1. The zero-order chi connectivity index (χ0) is 13.4. The fraction of sp³-hybridized carbons (Fsp3) is 0.455. The molecule has 2 rings (SSSR count). The number of nitrogens with one attached hydrogen (secondary N) is 1. The first-order valence-corrected chi connectivity index (χ1v) is 5.42. The summed E-state index contributed by atoms with van der Waals surface area (Å²) in [5.41, 5.74) is 3.97. The average molecular weight is 259 g/mol. The van der Waals surface area contributed by atoms with Crippen LogP contribution in [0.2, 0.25) is 0 Å². The van der Waals surface area contributed by atoms with Crippen LogP contribution in [0.1, 0.15) is 28.9 Å². The Hall–Kier alpha value is -1.63. The molecule has 7 heteroatoms. The van der Waals surface area contributed by atoms with Crippen LogP contribution in [0.25, 0.3) is 0 Å². The molecule has 1 aliphatic carbocycles. The van der Waals surface area contributed by atoms with Crippen molar-refractivity contribution < 1.29 is 18.0 Å². The molecule has 1 aliphatic rings. The lowest BCUT2D eigenvalue weighted by Gasteiger charge is -2.20. The number of aromatic nitrogens is 1. The van der Waals surface area contributed by atoms with Gasteiger partial charge in [0, 0.05) is 12.7 Å². The van der Waals surface area contributed by atoms with Gasteiger partial charge in [-0.15, -0.1) is 0 Å². The Morgan fingerprint density at radius 1 is 1.44 bits per heavy atom. The number of nitrogens with zero attached hydrogens (tertiary/aromatic N) is 1. The van der Waals surface area contributed by atoms with Gasteiger partial charge >= 0.3 is 6.18 Å². The smallest absolute Gasteiger partial charge is 0.336 e. The predicted octanol–water partition coefficient (Wildman–Crippen LogP) is 1.36. The molecule has 1 heterocycles. The van der Waals surface area contributed by atoms with Crippen LogP contribution in [0.4, 0.5) is 13.2 Å². The molecule has 0 atom stereocenters. The van der Waals surface area contributed by atoms with Crippen LogP contribution in [0.15, 0.2) is 18.3 Å². The fourth-order valence-corrected chi connectivity index (χ4v) is 1.57. The highest BCUT2D eigenvalue weighted by Gasteiger charge is 2.64. The van der Waals surface area contributed by atoms with Crippen LogP contribution >= 0.6 is 0 Å². The summed E-state index contributed by atoms with van der Waals surface area (Å²) in [4.78, 5) is 15.4. The minimum Gasteiger partial charge on any atom is -0.336 e. The first kappa shape index (κ1) is 12.8. The molecule has 1 amide bonds. The minimum atomic E-state index is -4.42. The molecule has 0 aromatic carbocycles. The first-order chi connectivity index (χ1) is 8.38. The molecule has 0 radical (unpaired) electrons. The number of rotatable bonds is 3. The van der Waals surface area contributed by atoms with Gasteiger partial charge in [-0.2, -0.15) is 13.2 Å². The Labute approximate surface area is 101 Å². The molecular formula is C11H12F3N3O. The molecule has 1 saturated carbocycles. The molecule has 1 aromatic heterocycles. The van der Waals surface area contributed by atoms with Crippen LogP contribution < -0.4 is 11.1 Å². The Bertz CT molecular complexity index is 452. The third kappa shape index (κ3) is 2.31. The van der Waals surface area contributed by atoms with Gasteiger partial charge in [-0.1, -0.05) is 6.07 Å². The lowest BCUT2D eigenvalue weighted by molar-refractivity contribution is -0.163. The molecule has 18 heavy (non-hydrogen) atoms. The number of hydrogen-bond acceptors (Lipinski definition) is 3. The van der Waals surface area contributed by atoms with Crippen molar-refractivity contribution in [2.45, 2.75) is 31.1 Å². The molecule has 1 aromatic rings. The van der Waals surface area contributed by atoms with E-state index >= 15 is 0 Å². The zero-order valence-corrected chi connectivity index (χ0v) is 9.42. The number of alkyl halides is 3. The minimum absolute atomic E-state index is 0.0391.